The van der Waals surface area contributed by atoms with Gasteiger partial charge in [-0.15, -0.1) is 0 Å². The predicted molar refractivity (Wildman–Crippen MR) is 88.2 cm³/mol. The van der Waals surface area contributed by atoms with Crippen LogP contribution in [0.2, 0.25) is 0 Å². The Balaban J connectivity index is 1.92. The van der Waals surface area contributed by atoms with Gasteiger partial charge in [-0.2, -0.15) is 0 Å². The standard InChI is InChI=1S/C18H27N3/c1-4-18(2,3)13-9-10-14(19)17(11-13)21-12-20-15-7-5-6-8-16(15)21/h5-8,12-14,17H,4,9-11,19H2,1-3H3. The van der Waals surface area contributed by atoms with Crippen molar-refractivity contribution in [3.8, 4) is 0 Å². The largest absolute Gasteiger partial charge is 0.326 e. The number of imidazole rings is 1. The van der Waals surface area contributed by atoms with Crippen LogP contribution in [0.15, 0.2) is 30.6 Å². The molecule has 1 heterocycles. The Hall–Kier alpha value is -1.35. The maximum Gasteiger partial charge on any atom is 0.0961 e. The normalized spacial score (nSPS) is 27.1. The van der Waals surface area contributed by atoms with Crippen LogP contribution in [0.5, 0.6) is 0 Å². The molecule has 2 aromatic rings. The van der Waals surface area contributed by atoms with Crippen molar-refractivity contribution in [3.63, 3.8) is 0 Å². The van der Waals surface area contributed by atoms with Crippen LogP contribution >= 0.6 is 0 Å². The molecule has 0 aliphatic heterocycles. The Morgan fingerprint density at radius 1 is 1.29 bits per heavy atom. The molecule has 0 amide bonds. The zero-order valence-corrected chi connectivity index (χ0v) is 13.4. The summed E-state index contributed by atoms with van der Waals surface area (Å²) in [5.74, 6) is 0.744. The molecular formula is C18H27N3. The van der Waals surface area contributed by atoms with Gasteiger partial charge >= 0.3 is 0 Å². The van der Waals surface area contributed by atoms with Gasteiger partial charge in [-0.25, -0.2) is 4.98 Å². The average Bonchev–Trinajstić information content (AvgIpc) is 2.91. The molecule has 3 heteroatoms. The lowest BCUT2D eigenvalue weighted by Gasteiger charge is -2.42. The van der Waals surface area contributed by atoms with Gasteiger partial charge in [0, 0.05) is 6.04 Å². The van der Waals surface area contributed by atoms with Crippen LogP contribution in [-0.2, 0) is 0 Å². The van der Waals surface area contributed by atoms with E-state index >= 15 is 0 Å². The minimum Gasteiger partial charge on any atom is -0.326 e. The summed E-state index contributed by atoms with van der Waals surface area (Å²) in [6, 6.07) is 8.98. The molecular weight excluding hydrogens is 258 g/mol. The van der Waals surface area contributed by atoms with Gasteiger partial charge in [0.25, 0.3) is 0 Å². The number of fused-ring (bicyclic) bond motifs is 1. The molecule has 0 bridgehead atoms. The topological polar surface area (TPSA) is 43.8 Å². The molecule has 0 spiro atoms. The van der Waals surface area contributed by atoms with Crippen molar-refractivity contribution in [2.75, 3.05) is 0 Å². The van der Waals surface area contributed by atoms with E-state index in [0.717, 1.165) is 17.9 Å². The molecule has 1 aliphatic rings. The minimum atomic E-state index is 0.242. The lowest BCUT2D eigenvalue weighted by molar-refractivity contribution is 0.112. The minimum absolute atomic E-state index is 0.242. The summed E-state index contributed by atoms with van der Waals surface area (Å²) in [6.45, 7) is 7.10. The number of benzene rings is 1. The van der Waals surface area contributed by atoms with Gasteiger partial charge in [-0.1, -0.05) is 39.3 Å². The number of hydrogen-bond donors (Lipinski definition) is 1. The number of rotatable bonds is 3. The van der Waals surface area contributed by atoms with Crippen LogP contribution in [0, 0.1) is 11.3 Å². The lowest BCUT2D eigenvalue weighted by Crippen LogP contribution is -2.41. The van der Waals surface area contributed by atoms with Crippen LogP contribution in [-0.4, -0.2) is 15.6 Å². The molecule has 3 nitrogen and oxygen atoms in total. The maximum atomic E-state index is 6.46. The van der Waals surface area contributed by atoms with E-state index in [9.17, 15) is 0 Å². The van der Waals surface area contributed by atoms with E-state index in [1.807, 2.05) is 12.4 Å². The zero-order valence-electron chi connectivity index (χ0n) is 13.4. The van der Waals surface area contributed by atoms with Crippen LogP contribution in [0.25, 0.3) is 11.0 Å². The third kappa shape index (κ3) is 2.59. The molecule has 1 fully saturated rings. The van der Waals surface area contributed by atoms with Gasteiger partial charge < -0.3 is 10.3 Å². The van der Waals surface area contributed by atoms with Crippen molar-refractivity contribution < 1.29 is 0 Å². The van der Waals surface area contributed by atoms with Crippen molar-refractivity contribution in [2.45, 2.75) is 58.5 Å². The van der Waals surface area contributed by atoms with E-state index in [-0.39, 0.29) is 6.04 Å². The zero-order chi connectivity index (χ0) is 15.0. The summed E-state index contributed by atoms with van der Waals surface area (Å²) in [6.07, 6.45) is 6.75. The highest BCUT2D eigenvalue weighted by Crippen LogP contribution is 2.44. The molecule has 1 aromatic heterocycles. The highest BCUT2D eigenvalue weighted by atomic mass is 15.1. The van der Waals surface area contributed by atoms with Crippen LogP contribution in [0.3, 0.4) is 0 Å². The SMILES string of the molecule is CCC(C)(C)C1CCC(N)C(n2cnc3ccccc32)C1. The average molecular weight is 285 g/mol. The van der Waals surface area contributed by atoms with E-state index in [0.29, 0.717) is 11.5 Å². The van der Waals surface area contributed by atoms with E-state index in [1.165, 1.54) is 24.8 Å². The quantitative estimate of drug-likeness (QED) is 0.921. The molecule has 0 saturated heterocycles. The summed E-state index contributed by atoms with van der Waals surface area (Å²) in [5, 5.41) is 0. The van der Waals surface area contributed by atoms with Gasteiger partial charge in [-0.05, 0) is 42.7 Å². The van der Waals surface area contributed by atoms with Crippen molar-refractivity contribution >= 4 is 11.0 Å². The Labute approximate surface area is 127 Å². The van der Waals surface area contributed by atoms with Gasteiger partial charge in [0.05, 0.1) is 23.4 Å². The smallest absolute Gasteiger partial charge is 0.0961 e. The molecule has 1 saturated carbocycles. The third-order valence-electron chi connectivity index (χ3n) is 5.72. The first-order valence-corrected chi connectivity index (χ1v) is 8.20. The first-order valence-electron chi connectivity index (χ1n) is 8.20. The molecule has 21 heavy (non-hydrogen) atoms. The maximum absolute atomic E-state index is 6.46. The summed E-state index contributed by atoms with van der Waals surface area (Å²) in [7, 11) is 0. The molecule has 1 aliphatic carbocycles. The number of aromatic nitrogens is 2. The summed E-state index contributed by atoms with van der Waals surface area (Å²) < 4.78 is 2.32. The lowest BCUT2D eigenvalue weighted by atomic mass is 9.67. The highest BCUT2D eigenvalue weighted by Gasteiger charge is 2.37. The summed E-state index contributed by atoms with van der Waals surface area (Å²) in [4.78, 5) is 4.54. The number of hydrogen-bond acceptors (Lipinski definition) is 2. The van der Waals surface area contributed by atoms with Crippen LogP contribution in [0.1, 0.15) is 52.5 Å². The Bertz CT molecular complexity index is 614. The molecule has 1 aromatic carbocycles. The summed E-state index contributed by atoms with van der Waals surface area (Å²) >= 11 is 0. The first-order chi connectivity index (χ1) is 10.0. The Morgan fingerprint density at radius 3 is 2.81 bits per heavy atom. The van der Waals surface area contributed by atoms with E-state index in [1.54, 1.807) is 0 Å². The Kier molecular flexibility index (Phi) is 3.78. The number of nitrogens with zero attached hydrogens (tertiary/aromatic N) is 2. The molecule has 2 N–H and O–H groups in total. The van der Waals surface area contributed by atoms with E-state index in [4.69, 9.17) is 5.73 Å². The predicted octanol–water partition coefficient (Wildman–Crippen LogP) is 4.14. The van der Waals surface area contributed by atoms with Gasteiger partial charge in [-0.3, -0.25) is 0 Å². The molecule has 3 unspecified atom stereocenters. The molecule has 3 rings (SSSR count). The van der Waals surface area contributed by atoms with Crippen molar-refractivity contribution in [3.05, 3.63) is 30.6 Å². The fourth-order valence-electron chi connectivity index (χ4n) is 3.73. The van der Waals surface area contributed by atoms with Gasteiger partial charge in [0.1, 0.15) is 0 Å². The van der Waals surface area contributed by atoms with Gasteiger partial charge in [0.2, 0.25) is 0 Å². The van der Waals surface area contributed by atoms with Crippen LogP contribution in [0.4, 0.5) is 0 Å². The van der Waals surface area contributed by atoms with E-state index < -0.39 is 0 Å². The van der Waals surface area contributed by atoms with Crippen molar-refractivity contribution in [1.29, 1.82) is 0 Å². The highest BCUT2D eigenvalue weighted by molar-refractivity contribution is 5.75. The molecule has 0 radical (unpaired) electrons. The molecule has 114 valence electrons. The first kappa shape index (κ1) is 14.6. The van der Waals surface area contributed by atoms with Gasteiger partial charge in [0.15, 0.2) is 0 Å². The fraction of sp³-hybridized carbons (Fsp3) is 0.611. The van der Waals surface area contributed by atoms with Crippen molar-refractivity contribution in [2.24, 2.45) is 17.1 Å². The number of para-hydroxylation sites is 2. The second kappa shape index (κ2) is 5.45. The van der Waals surface area contributed by atoms with E-state index in [2.05, 4.69) is 48.5 Å². The van der Waals surface area contributed by atoms with Crippen molar-refractivity contribution in [1.82, 2.24) is 9.55 Å². The Morgan fingerprint density at radius 2 is 2.05 bits per heavy atom. The molecule has 3 atom stereocenters. The number of nitrogens with two attached hydrogens (primary N) is 1. The van der Waals surface area contributed by atoms with Crippen LogP contribution < -0.4 is 5.73 Å². The second-order valence-corrected chi connectivity index (χ2v) is 7.22. The third-order valence-corrected chi connectivity index (χ3v) is 5.72. The monoisotopic (exact) mass is 285 g/mol. The second-order valence-electron chi connectivity index (χ2n) is 7.22. The fourth-order valence-corrected chi connectivity index (χ4v) is 3.73. The summed E-state index contributed by atoms with van der Waals surface area (Å²) in [5.41, 5.74) is 9.14.